The third kappa shape index (κ3) is 4.95. The lowest BCUT2D eigenvalue weighted by Crippen LogP contribution is -2.34. The van der Waals surface area contributed by atoms with Crippen LogP contribution in [0.5, 0.6) is 0 Å². The lowest BCUT2D eigenvalue weighted by atomic mass is 9.99. The van der Waals surface area contributed by atoms with Crippen molar-refractivity contribution in [2.24, 2.45) is 5.92 Å². The van der Waals surface area contributed by atoms with Crippen molar-refractivity contribution >= 4 is 11.9 Å². The highest BCUT2D eigenvalue weighted by atomic mass is 19.1. The fraction of sp³-hybridized carbons (Fsp3) is 0.429. The van der Waals surface area contributed by atoms with Gasteiger partial charge in [0, 0.05) is 6.07 Å². The maximum Gasteiger partial charge on any atom is 0.321 e. The van der Waals surface area contributed by atoms with Crippen molar-refractivity contribution in [3.8, 4) is 0 Å². The highest BCUT2D eigenvalue weighted by Crippen LogP contribution is 2.17. The third-order valence-corrected chi connectivity index (χ3v) is 2.35. The highest BCUT2D eigenvalue weighted by molar-refractivity contribution is 5.94. The molecule has 0 radical (unpaired) electrons. The Morgan fingerprint density at radius 3 is 2.10 bits per heavy atom. The second kappa shape index (κ2) is 5.98. The molecule has 0 bridgehead atoms. The summed E-state index contributed by atoms with van der Waals surface area (Å²) in [6.45, 7) is 4.81. The monoisotopic (exact) mass is 286 g/mol. The van der Waals surface area contributed by atoms with E-state index in [0.29, 0.717) is 6.07 Å². The molecular formula is C14H16F2O4. The first kappa shape index (κ1) is 16.1. The van der Waals surface area contributed by atoms with Crippen LogP contribution in [0.15, 0.2) is 18.2 Å². The molecule has 1 unspecified atom stereocenters. The third-order valence-electron chi connectivity index (χ3n) is 2.35. The number of esters is 1. The molecule has 4 nitrogen and oxygen atoms in total. The van der Waals surface area contributed by atoms with Crippen LogP contribution in [0.4, 0.5) is 8.78 Å². The molecule has 1 rings (SSSR count). The standard InChI is InChI=1S/C14H16F2O4/c1-14(2,3)20-13(19)11(12(17)18)6-8-4-9(15)7-10(16)5-8/h4-5,7,11H,6H2,1-3H3,(H,17,18). The molecule has 1 aromatic rings. The van der Waals surface area contributed by atoms with Crippen LogP contribution in [0.2, 0.25) is 0 Å². The van der Waals surface area contributed by atoms with Crippen molar-refractivity contribution in [3.05, 3.63) is 35.4 Å². The molecule has 0 amide bonds. The average molecular weight is 286 g/mol. The van der Waals surface area contributed by atoms with Crippen LogP contribution in [0.3, 0.4) is 0 Å². The molecule has 20 heavy (non-hydrogen) atoms. The SMILES string of the molecule is CC(C)(C)OC(=O)C(Cc1cc(F)cc(F)c1)C(=O)O. The lowest BCUT2D eigenvalue weighted by molar-refractivity contribution is -0.166. The van der Waals surface area contributed by atoms with Gasteiger partial charge in [-0.25, -0.2) is 8.78 Å². The van der Waals surface area contributed by atoms with Crippen LogP contribution in [-0.2, 0) is 20.7 Å². The minimum absolute atomic E-state index is 0.0840. The Hall–Kier alpha value is -1.98. The van der Waals surface area contributed by atoms with Gasteiger partial charge in [-0.05, 0) is 44.9 Å². The van der Waals surface area contributed by atoms with Gasteiger partial charge in [0.25, 0.3) is 0 Å². The van der Waals surface area contributed by atoms with Crippen LogP contribution in [0.25, 0.3) is 0 Å². The summed E-state index contributed by atoms with van der Waals surface area (Å²) in [5.41, 5.74) is -0.751. The smallest absolute Gasteiger partial charge is 0.321 e. The van der Waals surface area contributed by atoms with Crippen molar-refractivity contribution in [2.45, 2.75) is 32.8 Å². The molecule has 0 aliphatic rings. The molecule has 0 aromatic heterocycles. The molecule has 110 valence electrons. The van der Waals surface area contributed by atoms with Crippen molar-refractivity contribution in [2.75, 3.05) is 0 Å². The van der Waals surface area contributed by atoms with Crippen molar-refractivity contribution in [3.63, 3.8) is 0 Å². The fourth-order valence-corrected chi connectivity index (χ4v) is 1.61. The molecule has 1 atom stereocenters. The Morgan fingerprint density at radius 2 is 1.70 bits per heavy atom. The number of halogens is 2. The second-order valence-electron chi connectivity index (χ2n) is 5.41. The van der Waals surface area contributed by atoms with Gasteiger partial charge in [-0.15, -0.1) is 0 Å². The average Bonchev–Trinajstić information content (AvgIpc) is 2.21. The first-order chi connectivity index (χ1) is 9.08. The molecular weight excluding hydrogens is 270 g/mol. The lowest BCUT2D eigenvalue weighted by Gasteiger charge is -2.22. The van der Waals surface area contributed by atoms with E-state index in [1.54, 1.807) is 20.8 Å². The number of carboxylic acid groups (broad SMARTS) is 1. The highest BCUT2D eigenvalue weighted by Gasteiger charge is 2.31. The summed E-state index contributed by atoms with van der Waals surface area (Å²) in [5.74, 6) is -5.49. The minimum atomic E-state index is -1.50. The van der Waals surface area contributed by atoms with Gasteiger partial charge >= 0.3 is 11.9 Å². The quantitative estimate of drug-likeness (QED) is 0.682. The second-order valence-corrected chi connectivity index (χ2v) is 5.41. The number of aliphatic carboxylic acids is 1. The van der Waals surface area contributed by atoms with Gasteiger partial charge in [-0.3, -0.25) is 9.59 Å². The molecule has 0 aliphatic heterocycles. The molecule has 0 fully saturated rings. The summed E-state index contributed by atoms with van der Waals surface area (Å²) < 4.78 is 31.1. The number of hydrogen-bond acceptors (Lipinski definition) is 3. The van der Waals surface area contributed by atoms with Crippen LogP contribution < -0.4 is 0 Å². The number of carbonyl (C=O) groups excluding carboxylic acids is 1. The molecule has 1 N–H and O–H groups in total. The van der Waals surface area contributed by atoms with E-state index < -0.39 is 35.1 Å². The van der Waals surface area contributed by atoms with E-state index in [1.165, 1.54) is 0 Å². The Labute approximate surface area is 115 Å². The van der Waals surface area contributed by atoms with E-state index in [-0.39, 0.29) is 12.0 Å². The van der Waals surface area contributed by atoms with Gasteiger partial charge in [0.1, 0.15) is 17.2 Å². The van der Waals surface area contributed by atoms with E-state index in [1.807, 2.05) is 0 Å². The number of ether oxygens (including phenoxy) is 1. The molecule has 0 saturated heterocycles. The fourth-order valence-electron chi connectivity index (χ4n) is 1.61. The van der Waals surface area contributed by atoms with Crippen molar-refractivity contribution in [1.29, 1.82) is 0 Å². The number of carboxylic acids is 1. The maximum atomic E-state index is 13.0. The molecule has 1 aromatic carbocycles. The Morgan fingerprint density at radius 1 is 1.20 bits per heavy atom. The van der Waals surface area contributed by atoms with Crippen molar-refractivity contribution in [1.82, 2.24) is 0 Å². The summed E-state index contributed by atoms with van der Waals surface area (Å²) in [5, 5.41) is 9.05. The van der Waals surface area contributed by atoms with Gasteiger partial charge in [0.2, 0.25) is 0 Å². The summed E-state index contributed by atoms with van der Waals surface area (Å²) in [7, 11) is 0. The zero-order chi connectivity index (χ0) is 15.5. The van der Waals surface area contributed by atoms with E-state index in [0.717, 1.165) is 12.1 Å². The van der Waals surface area contributed by atoms with Crippen LogP contribution in [-0.4, -0.2) is 22.6 Å². The molecule has 6 heteroatoms. The number of benzene rings is 1. The van der Waals surface area contributed by atoms with Crippen LogP contribution in [0.1, 0.15) is 26.3 Å². The topological polar surface area (TPSA) is 63.6 Å². The minimum Gasteiger partial charge on any atom is -0.481 e. The number of carbonyl (C=O) groups is 2. The van der Waals surface area contributed by atoms with E-state index in [2.05, 4.69) is 0 Å². The van der Waals surface area contributed by atoms with Gasteiger partial charge in [-0.2, -0.15) is 0 Å². The first-order valence-electron chi connectivity index (χ1n) is 5.99. The van der Waals surface area contributed by atoms with Gasteiger partial charge < -0.3 is 9.84 Å². The Kier molecular flexibility index (Phi) is 4.81. The van der Waals surface area contributed by atoms with Crippen LogP contribution >= 0.6 is 0 Å². The van der Waals surface area contributed by atoms with Crippen molar-refractivity contribution < 1.29 is 28.2 Å². The van der Waals surface area contributed by atoms with E-state index in [4.69, 9.17) is 9.84 Å². The zero-order valence-corrected chi connectivity index (χ0v) is 11.4. The Balaban J connectivity index is 2.92. The molecule has 0 aliphatic carbocycles. The van der Waals surface area contributed by atoms with Crippen LogP contribution in [0, 0.1) is 17.6 Å². The Bertz CT molecular complexity index is 500. The first-order valence-corrected chi connectivity index (χ1v) is 5.99. The molecule has 0 spiro atoms. The van der Waals surface area contributed by atoms with Gasteiger partial charge in [0.05, 0.1) is 0 Å². The molecule has 0 saturated carbocycles. The van der Waals surface area contributed by atoms with E-state index >= 15 is 0 Å². The van der Waals surface area contributed by atoms with Gasteiger partial charge in [-0.1, -0.05) is 0 Å². The number of rotatable bonds is 4. The zero-order valence-electron chi connectivity index (χ0n) is 11.4. The molecule has 0 heterocycles. The summed E-state index contributed by atoms with van der Waals surface area (Å²) in [6.07, 6.45) is -0.334. The largest absolute Gasteiger partial charge is 0.481 e. The summed E-state index contributed by atoms with van der Waals surface area (Å²) in [4.78, 5) is 22.9. The normalized spacial score (nSPS) is 12.8. The predicted octanol–water partition coefficient (Wildman–Crippen LogP) is 2.55. The van der Waals surface area contributed by atoms with E-state index in [9.17, 15) is 18.4 Å². The predicted molar refractivity (Wildman–Crippen MR) is 67.0 cm³/mol. The maximum absolute atomic E-state index is 13.0. The number of hydrogen-bond donors (Lipinski definition) is 1. The summed E-state index contributed by atoms with van der Waals surface area (Å²) >= 11 is 0. The summed E-state index contributed by atoms with van der Waals surface area (Å²) in [6, 6.07) is 2.65. The van der Waals surface area contributed by atoms with Gasteiger partial charge in [0.15, 0.2) is 5.92 Å².